The summed E-state index contributed by atoms with van der Waals surface area (Å²) < 4.78 is 0. The zero-order chi connectivity index (χ0) is 12.8. The fourth-order valence-corrected chi connectivity index (χ4v) is 2.02. The van der Waals surface area contributed by atoms with Crippen molar-refractivity contribution in [1.29, 1.82) is 0 Å². The number of hydrogen-bond donors (Lipinski definition) is 2. The number of hydrogen-bond acceptors (Lipinski definition) is 4. The average Bonchev–Trinajstić information content (AvgIpc) is 2.28. The van der Waals surface area contributed by atoms with Gasteiger partial charge in [-0.1, -0.05) is 25.6 Å². The Labute approximate surface area is 106 Å². The smallest absolute Gasteiger partial charge is 0.233 e. The fourth-order valence-electron chi connectivity index (χ4n) is 1.17. The predicted molar refractivity (Wildman–Crippen MR) is 71.8 cm³/mol. The third-order valence-electron chi connectivity index (χ3n) is 2.14. The second-order valence-corrected chi connectivity index (χ2v) is 5.63. The van der Waals surface area contributed by atoms with Gasteiger partial charge < -0.3 is 11.1 Å². The Bertz CT molecular complexity index is 382. The maximum absolute atomic E-state index is 11.8. The highest BCUT2D eigenvalue weighted by atomic mass is 32.2. The number of aromatic nitrogens is 1. The molecule has 0 aliphatic carbocycles. The highest BCUT2D eigenvalue weighted by Gasteiger charge is 2.16. The minimum Gasteiger partial charge on any atom is -0.397 e. The molecule has 0 saturated carbocycles. The van der Waals surface area contributed by atoms with E-state index in [2.05, 4.69) is 24.1 Å². The summed E-state index contributed by atoms with van der Waals surface area (Å²) in [6.07, 6.45) is 1.68. The molecule has 5 heteroatoms. The largest absolute Gasteiger partial charge is 0.397 e. The van der Waals surface area contributed by atoms with Gasteiger partial charge in [0.2, 0.25) is 5.91 Å². The van der Waals surface area contributed by atoms with Gasteiger partial charge in [0.05, 0.1) is 10.9 Å². The first-order valence-corrected chi connectivity index (χ1v) is 6.53. The summed E-state index contributed by atoms with van der Waals surface area (Å²) in [6, 6.07) is 3.57. The van der Waals surface area contributed by atoms with E-state index >= 15 is 0 Å². The SMILES string of the molecule is CC(C)CNC(=O)C(C)Sc1ncccc1N. The molecule has 94 valence electrons. The van der Waals surface area contributed by atoms with Crippen molar-refractivity contribution in [2.45, 2.75) is 31.0 Å². The highest BCUT2D eigenvalue weighted by molar-refractivity contribution is 8.00. The Morgan fingerprint density at radius 3 is 2.82 bits per heavy atom. The molecule has 1 unspecified atom stereocenters. The van der Waals surface area contributed by atoms with Gasteiger partial charge in [-0.3, -0.25) is 4.79 Å². The molecule has 1 atom stereocenters. The van der Waals surface area contributed by atoms with Gasteiger partial charge in [0.1, 0.15) is 5.03 Å². The first-order chi connectivity index (χ1) is 8.00. The van der Waals surface area contributed by atoms with Crippen LogP contribution in [-0.4, -0.2) is 22.7 Å². The molecule has 0 spiro atoms. The molecule has 1 aromatic rings. The predicted octanol–water partition coefficient (Wildman–Crippen LogP) is 1.92. The molecule has 1 amide bonds. The highest BCUT2D eigenvalue weighted by Crippen LogP contribution is 2.25. The Hall–Kier alpha value is -1.23. The van der Waals surface area contributed by atoms with Crippen LogP contribution < -0.4 is 11.1 Å². The number of amides is 1. The molecule has 17 heavy (non-hydrogen) atoms. The molecule has 0 aliphatic rings. The maximum Gasteiger partial charge on any atom is 0.233 e. The number of anilines is 1. The first-order valence-electron chi connectivity index (χ1n) is 5.65. The van der Waals surface area contributed by atoms with Gasteiger partial charge in [-0.15, -0.1) is 0 Å². The molecule has 1 rings (SSSR count). The number of nitrogen functional groups attached to an aromatic ring is 1. The summed E-state index contributed by atoms with van der Waals surface area (Å²) in [6.45, 7) is 6.68. The molecule has 0 radical (unpaired) electrons. The van der Waals surface area contributed by atoms with Crippen LogP contribution in [0, 0.1) is 5.92 Å². The standard InChI is InChI=1S/C12H19N3OS/c1-8(2)7-15-11(16)9(3)17-12-10(13)5-4-6-14-12/h4-6,8-9H,7,13H2,1-3H3,(H,15,16). The number of pyridine rings is 1. The number of nitrogens with zero attached hydrogens (tertiary/aromatic N) is 1. The van der Waals surface area contributed by atoms with Crippen molar-refractivity contribution >= 4 is 23.4 Å². The van der Waals surface area contributed by atoms with Crippen molar-refractivity contribution in [1.82, 2.24) is 10.3 Å². The average molecular weight is 253 g/mol. The molecule has 0 bridgehead atoms. The van der Waals surface area contributed by atoms with Crippen LogP contribution in [0.4, 0.5) is 5.69 Å². The first kappa shape index (κ1) is 13.8. The lowest BCUT2D eigenvalue weighted by atomic mass is 10.2. The molecule has 4 nitrogen and oxygen atoms in total. The van der Waals surface area contributed by atoms with E-state index in [1.807, 2.05) is 6.92 Å². The Balaban J connectivity index is 2.51. The van der Waals surface area contributed by atoms with Gasteiger partial charge in [-0.05, 0) is 25.0 Å². The van der Waals surface area contributed by atoms with Gasteiger partial charge in [0.25, 0.3) is 0 Å². The summed E-state index contributed by atoms with van der Waals surface area (Å²) in [4.78, 5) is 15.9. The fraction of sp³-hybridized carbons (Fsp3) is 0.500. The topological polar surface area (TPSA) is 68.0 Å². The zero-order valence-electron chi connectivity index (χ0n) is 10.4. The number of nitrogens with two attached hydrogens (primary N) is 1. The van der Waals surface area contributed by atoms with Crippen LogP contribution in [0.5, 0.6) is 0 Å². The van der Waals surface area contributed by atoms with Crippen molar-refractivity contribution < 1.29 is 4.79 Å². The zero-order valence-corrected chi connectivity index (χ0v) is 11.3. The normalized spacial score (nSPS) is 12.5. The van der Waals surface area contributed by atoms with E-state index in [0.717, 1.165) is 0 Å². The van der Waals surface area contributed by atoms with Crippen molar-refractivity contribution in [3.63, 3.8) is 0 Å². The van der Waals surface area contributed by atoms with Crippen LogP contribution in [-0.2, 0) is 4.79 Å². The van der Waals surface area contributed by atoms with Gasteiger partial charge in [0.15, 0.2) is 0 Å². The summed E-state index contributed by atoms with van der Waals surface area (Å²) in [5, 5.41) is 3.41. The summed E-state index contributed by atoms with van der Waals surface area (Å²) in [5.74, 6) is 0.477. The van der Waals surface area contributed by atoms with Gasteiger partial charge in [0, 0.05) is 12.7 Å². The third-order valence-corrected chi connectivity index (χ3v) is 3.27. The molecule has 1 heterocycles. The van der Waals surface area contributed by atoms with Crippen LogP contribution in [0.2, 0.25) is 0 Å². The molecule has 0 saturated heterocycles. The van der Waals surface area contributed by atoms with Crippen LogP contribution in [0.3, 0.4) is 0 Å². The number of carbonyl (C=O) groups excluding carboxylic acids is 1. The number of carbonyl (C=O) groups is 1. The van der Waals surface area contributed by atoms with Crippen molar-refractivity contribution in [3.8, 4) is 0 Å². The summed E-state index contributed by atoms with van der Waals surface area (Å²) in [7, 11) is 0. The van der Waals surface area contributed by atoms with Crippen LogP contribution in [0.1, 0.15) is 20.8 Å². The lowest BCUT2D eigenvalue weighted by molar-refractivity contribution is -0.120. The summed E-state index contributed by atoms with van der Waals surface area (Å²) >= 11 is 1.38. The Morgan fingerprint density at radius 1 is 1.53 bits per heavy atom. The van der Waals surface area contributed by atoms with Gasteiger partial charge >= 0.3 is 0 Å². The van der Waals surface area contributed by atoms with E-state index in [4.69, 9.17) is 5.73 Å². The van der Waals surface area contributed by atoms with Gasteiger partial charge in [-0.2, -0.15) is 0 Å². The molecule has 0 fully saturated rings. The van der Waals surface area contributed by atoms with Crippen LogP contribution in [0.25, 0.3) is 0 Å². The Kier molecular flexibility index (Phi) is 5.28. The van der Waals surface area contributed by atoms with E-state index in [1.165, 1.54) is 11.8 Å². The molecular formula is C12H19N3OS. The van der Waals surface area contributed by atoms with Crippen LogP contribution in [0.15, 0.2) is 23.4 Å². The van der Waals surface area contributed by atoms with E-state index < -0.39 is 0 Å². The monoisotopic (exact) mass is 253 g/mol. The van der Waals surface area contributed by atoms with Crippen molar-refractivity contribution in [3.05, 3.63) is 18.3 Å². The maximum atomic E-state index is 11.8. The Morgan fingerprint density at radius 2 is 2.24 bits per heavy atom. The lowest BCUT2D eigenvalue weighted by Gasteiger charge is -2.13. The minimum atomic E-state index is -0.189. The van der Waals surface area contributed by atoms with E-state index in [9.17, 15) is 4.79 Å². The number of nitrogens with one attached hydrogen (secondary N) is 1. The van der Waals surface area contributed by atoms with Crippen molar-refractivity contribution in [2.24, 2.45) is 5.92 Å². The second kappa shape index (κ2) is 6.49. The molecule has 0 aromatic carbocycles. The molecular weight excluding hydrogens is 234 g/mol. The van der Waals surface area contributed by atoms with E-state index in [1.54, 1.807) is 18.3 Å². The number of thioether (sulfide) groups is 1. The second-order valence-electron chi connectivity index (χ2n) is 4.30. The molecule has 1 aromatic heterocycles. The van der Waals surface area contributed by atoms with E-state index in [0.29, 0.717) is 23.2 Å². The number of rotatable bonds is 5. The quantitative estimate of drug-likeness (QED) is 0.787. The lowest BCUT2D eigenvalue weighted by Crippen LogP contribution is -2.33. The van der Waals surface area contributed by atoms with Gasteiger partial charge in [-0.25, -0.2) is 4.98 Å². The third kappa shape index (κ3) is 4.65. The minimum absolute atomic E-state index is 0.0220. The molecule has 3 N–H and O–H groups in total. The molecule has 0 aliphatic heterocycles. The summed E-state index contributed by atoms with van der Waals surface area (Å²) in [5.41, 5.74) is 6.39. The van der Waals surface area contributed by atoms with E-state index in [-0.39, 0.29) is 11.2 Å². The van der Waals surface area contributed by atoms with Crippen molar-refractivity contribution in [2.75, 3.05) is 12.3 Å². The van der Waals surface area contributed by atoms with Crippen LogP contribution >= 0.6 is 11.8 Å².